The molecule has 0 spiro atoms. The molecule has 2 N–H and O–H groups in total. The molecular formula is C22H24Fe2N2. The first kappa shape index (κ1) is 24.0. The molecule has 0 unspecified atom stereocenters. The van der Waals surface area contributed by atoms with Crippen molar-refractivity contribution in [3.63, 3.8) is 0 Å². The monoisotopic (exact) mass is 428 g/mol. The van der Waals surface area contributed by atoms with E-state index in [0.29, 0.717) is 0 Å². The summed E-state index contributed by atoms with van der Waals surface area (Å²) in [6, 6.07) is 36.4. The van der Waals surface area contributed by atoms with Gasteiger partial charge in [0.25, 0.3) is 0 Å². The van der Waals surface area contributed by atoms with Gasteiger partial charge in [-0.25, -0.2) is 36.4 Å². The molecule has 0 saturated heterocycles. The Balaban J connectivity index is 0.000000432. The van der Waals surface area contributed by atoms with E-state index in [0.717, 1.165) is 13.1 Å². The first-order valence-corrected chi connectivity index (χ1v) is 8.20. The Morgan fingerprint density at radius 1 is 0.538 bits per heavy atom. The smallest absolute Gasteiger partial charge is 0.405 e. The van der Waals surface area contributed by atoms with Gasteiger partial charge in [0.15, 0.2) is 0 Å². The topological polar surface area (TPSA) is 24.1 Å². The summed E-state index contributed by atoms with van der Waals surface area (Å²) in [7, 11) is 0. The molecule has 0 atom stereocenters. The van der Waals surface area contributed by atoms with Gasteiger partial charge in [0.05, 0.1) is 0 Å². The van der Waals surface area contributed by atoms with E-state index in [-0.39, 0.29) is 34.1 Å². The van der Waals surface area contributed by atoms with Crippen molar-refractivity contribution in [3.8, 4) is 0 Å². The van der Waals surface area contributed by atoms with Crippen molar-refractivity contribution in [2.45, 2.75) is 0 Å². The van der Waals surface area contributed by atoms with Crippen LogP contribution in [0.3, 0.4) is 0 Å². The molecule has 0 aliphatic rings. The third-order valence-electron chi connectivity index (χ3n) is 3.22. The van der Waals surface area contributed by atoms with Gasteiger partial charge in [0.2, 0.25) is 0 Å². The molecular weight excluding hydrogens is 404 g/mol. The molecule has 0 aliphatic heterocycles. The van der Waals surface area contributed by atoms with Crippen LogP contribution in [0.15, 0.2) is 109 Å². The summed E-state index contributed by atoms with van der Waals surface area (Å²) in [5.74, 6) is 0. The fourth-order valence-electron chi connectivity index (χ4n) is 2.04. The zero-order valence-corrected chi connectivity index (χ0v) is 16.7. The van der Waals surface area contributed by atoms with Crippen molar-refractivity contribution in [3.05, 3.63) is 109 Å². The maximum atomic E-state index is 3.32. The summed E-state index contributed by atoms with van der Waals surface area (Å²) in [5, 5.41) is 6.65. The summed E-state index contributed by atoms with van der Waals surface area (Å²) in [6.07, 6.45) is 0. The van der Waals surface area contributed by atoms with Gasteiger partial charge in [-0.1, -0.05) is 11.4 Å². The SMILES string of the molecule is [Fe+2].[Fe+2].c1c[cH-]c(NCCNc2ccc[cH-]2)c1.c1cc[cH-]c1.c1cc[cH-]c1. The maximum Gasteiger partial charge on any atom is 2.00 e. The van der Waals surface area contributed by atoms with Crippen LogP contribution in [-0.4, -0.2) is 13.1 Å². The second kappa shape index (κ2) is 16.5. The molecule has 4 aromatic rings. The Bertz CT molecular complexity index is 570. The van der Waals surface area contributed by atoms with E-state index in [1.54, 1.807) is 0 Å². The quantitative estimate of drug-likeness (QED) is 0.251. The minimum atomic E-state index is 0. The van der Waals surface area contributed by atoms with E-state index >= 15 is 0 Å². The van der Waals surface area contributed by atoms with Crippen LogP contribution < -0.4 is 10.6 Å². The van der Waals surface area contributed by atoms with Gasteiger partial charge in [0, 0.05) is 13.1 Å². The molecule has 0 aromatic heterocycles. The molecule has 4 aromatic carbocycles. The average molecular weight is 428 g/mol. The second-order valence-corrected chi connectivity index (χ2v) is 5.13. The van der Waals surface area contributed by atoms with E-state index in [1.165, 1.54) is 11.4 Å². The van der Waals surface area contributed by atoms with E-state index in [4.69, 9.17) is 0 Å². The molecule has 0 radical (unpaired) electrons. The molecule has 138 valence electrons. The summed E-state index contributed by atoms with van der Waals surface area (Å²) in [4.78, 5) is 0. The van der Waals surface area contributed by atoms with Crippen molar-refractivity contribution in [2.75, 3.05) is 23.7 Å². The van der Waals surface area contributed by atoms with Gasteiger partial charge in [-0.2, -0.15) is 60.7 Å². The maximum absolute atomic E-state index is 3.32. The zero-order valence-electron chi connectivity index (χ0n) is 14.5. The Hall–Kier alpha value is -1.96. The van der Waals surface area contributed by atoms with Gasteiger partial charge in [-0.15, -0.1) is 12.1 Å². The second-order valence-electron chi connectivity index (χ2n) is 5.13. The van der Waals surface area contributed by atoms with Gasteiger partial charge in [-0.3, -0.25) is 0 Å². The van der Waals surface area contributed by atoms with Crippen LogP contribution in [-0.2, 0) is 34.1 Å². The van der Waals surface area contributed by atoms with Crippen molar-refractivity contribution in [1.82, 2.24) is 0 Å². The van der Waals surface area contributed by atoms with E-state index < -0.39 is 0 Å². The molecule has 2 nitrogen and oxygen atoms in total. The largest absolute Gasteiger partial charge is 2.00 e. The molecule has 0 heterocycles. The van der Waals surface area contributed by atoms with E-state index in [9.17, 15) is 0 Å². The van der Waals surface area contributed by atoms with Crippen LogP contribution in [0.4, 0.5) is 11.4 Å². The Morgan fingerprint density at radius 3 is 1.15 bits per heavy atom. The molecule has 0 aliphatic carbocycles. The van der Waals surface area contributed by atoms with Gasteiger partial charge >= 0.3 is 34.1 Å². The Labute approximate surface area is 178 Å². The van der Waals surface area contributed by atoms with Crippen LogP contribution in [0.25, 0.3) is 0 Å². The molecule has 4 rings (SSSR count). The third-order valence-corrected chi connectivity index (χ3v) is 3.22. The van der Waals surface area contributed by atoms with Crippen LogP contribution >= 0.6 is 0 Å². The van der Waals surface area contributed by atoms with Crippen molar-refractivity contribution in [1.29, 1.82) is 0 Å². The fraction of sp³-hybridized carbons (Fsp3) is 0.0909. The van der Waals surface area contributed by atoms with Crippen LogP contribution in [0.5, 0.6) is 0 Å². The first-order chi connectivity index (χ1) is 11.9. The summed E-state index contributed by atoms with van der Waals surface area (Å²) < 4.78 is 0. The number of anilines is 2. The Kier molecular flexibility index (Phi) is 15.3. The molecule has 26 heavy (non-hydrogen) atoms. The number of nitrogens with one attached hydrogen (secondary N) is 2. The standard InChI is InChI=1S/C12H14N2.2C5H5.2Fe/c1-2-6-11(5-1)13-9-10-14-12-7-3-4-8-12;2*1-2-4-5-3-1;;/h1-8,13-14H,9-10H2;2*1-5H;;/q-2;2*-1;2*+2. The predicted octanol–water partition coefficient (Wildman–Crippen LogP) is 5.45. The summed E-state index contributed by atoms with van der Waals surface area (Å²) >= 11 is 0. The van der Waals surface area contributed by atoms with E-state index in [2.05, 4.69) is 34.9 Å². The minimum Gasteiger partial charge on any atom is -0.405 e. The third kappa shape index (κ3) is 11.6. The Morgan fingerprint density at radius 2 is 0.923 bits per heavy atom. The number of rotatable bonds is 5. The van der Waals surface area contributed by atoms with Crippen LogP contribution in [0, 0.1) is 0 Å². The van der Waals surface area contributed by atoms with Crippen molar-refractivity contribution >= 4 is 11.4 Å². The summed E-state index contributed by atoms with van der Waals surface area (Å²) in [6.45, 7) is 1.88. The predicted molar refractivity (Wildman–Crippen MR) is 105 cm³/mol. The molecule has 0 amide bonds. The molecule has 0 bridgehead atoms. The molecule has 0 fully saturated rings. The fourth-order valence-corrected chi connectivity index (χ4v) is 2.04. The molecule has 4 heteroatoms. The van der Waals surface area contributed by atoms with Gasteiger partial charge in [0.1, 0.15) is 0 Å². The van der Waals surface area contributed by atoms with Gasteiger partial charge < -0.3 is 10.6 Å². The number of hydrogen-bond donors (Lipinski definition) is 2. The first-order valence-electron chi connectivity index (χ1n) is 8.20. The average Bonchev–Trinajstić information content (AvgIpc) is 3.44. The van der Waals surface area contributed by atoms with E-state index in [1.807, 2.05) is 84.9 Å². The summed E-state index contributed by atoms with van der Waals surface area (Å²) in [5.41, 5.74) is 2.38. The normalized spacial score (nSPS) is 8.46. The van der Waals surface area contributed by atoms with Crippen molar-refractivity contribution in [2.24, 2.45) is 0 Å². The number of hydrogen-bond acceptors (Lipinski definition) is 2. The zero-order chi connectivity index (χ0) is 16.7. The van der Waals surface area contributed by atoms with Crippen molar-refractivity contribution < 1.29 is 34.1 Å². The minimum absolute atomic E-state index is 0. The molecule has 0 saturated carbocycles. The van der Waals surface area contributed by atoms with Crippen LogP contribution in [0.1, 0.15) is 0 Å². The van der Waals surface area contributed by atoms with Crippen LogP contribution in [0.2, 0.25) is 0 Å². The van der Waals surface area contributed by atoms with Gasteiger partial charge in [-0.05, 0) is 0 Å².